The summed E-state index contributed by atoms with van der Waals surface area (Å²) in [5.74, 6) is -0.333. The number of aliphatic hydroxyl groups is 3. The van der Waals surface area contributed by atoms with Gasteiger partial charge in [0.1, 0.15) is 13.4 Å². The van der Waals surface area contributed by atoms with Gasteiger partial charge in [-0.2, -0.15) is 0 Å². The number of hydrogen-bond donors (Lipinski definition) is 4. The van der Waals surface area contributed by atoms with E-state index in [1.54, 1.807) is 0 Å². The van der Waals surface area contributed by atoms with Crippen molar-refractivity contribution in [3.63, 3.8) is 0 Å². The van der Waals surface area contributed by atoms with Gasteiger partial charge in [0.25, 0.3) is 5.95 Å². The molecule has 0 spiro atoms. The van der Waals surface area contributed by atoms with Crippen molar-refractivity contribution in [2.24, 2.45) is 16.8 Å². The molecule has 31 heavy (non-hydrogen) atoms. The Balaban J connectivity index is 1.92. The monoisotopic (exact) mass is 461 g/mol. The molecule has 5 unspecified atom stereocenters. The lowest BCUT2D eigenvalue weighted by atomic mass is 9.97. The average molecular weight is 462 g/mol. The lowest BCUT2D eigenvalue weighted by Crippen LogP contribution is -2.47. The number of hydrogen-bond acceptors (Lipinski definition) is 11. The molecule has 0 radical (unpaired) electrons. The molecule has 10 nitrogen and oxygen atoms in total. The van der Waals surface area contributed by atoms with Crippen LogP contribution in [0.25, 0.3) is 0 Å². The quantitative estimate of drug-likeness (QED) is 0.139. The molecule has 5 N–H and O–H groups in total. The molecule has 1 aliphatic heterocycles. The van der Waals surface area contributed by atoms with Crippen LogP contribution in [-0.2, 0) is 14.2 Å². The second-order valence-electron chi connectivity index (χ2n) is 8.28. The van der Waals surface area contributed by atoms with Crippen molar-refractivity contribution >= 4 is 11.9 Å². The maximum atomic E-state index is 11.7. The number of aliphatic hydroxyl groups excluding tert-OH is 2. The maximum Gasteiger partial charge on any atom is 0.272 e. The summed E-state index contributed by atoms with van der Waals surface area (Å²) in [6, 6.07) is -0.461. The summed E-state index contributed by atoms with van der Waals surface area (Å²) in [6.45, 7) is 5.85. The van der Waals surface area contributed by atoms with Gasteiger partial charge < -0.3 is 35.3 Å². The first-order valence-corrected chi connectivity index (χ1v) is 11.3. The minimum absolute atomic E-state index is 0.0377. The molecule has 0 aromatic carbocycles. The summed E-state index contributed by atoms with van der Waals surface area (Å²) in [4.78, 5) is 12.9. The first-order chi connectivity index (χ1) is 14.7. The third-order valence-corrected chi connectivity index (χ3v) is 6.61. The molecular weight excluding hydrogens is 426 g/mol. The van der Waals surface area contributed by atoms with E-state index in [-0.39, 0.29) is 30.1 Å². The van der Waals surface area contributed by atoms with Crippen molar-refractivity contribution in [2.45, 2.75) is 83.2 Å². The first-order valence-electron chi connectivity index (χ1n) is 10.6. The Morgan fingerprint density at radius 3 is 2.74 bits per heavy atom. The van der Waals surface area contributed by atoms with Crippen LogP contribution in [0.3, 0.4) is 0 Å². The van der Waals surface area contributed by atoms with Gasteiger partial charge in [0.15, 0.2) is 12.5 Å². The molecule has 2 rings (SSSR count). The Morgan fingerprint density at radius 2 is 2.10 bits per heavy atom. The molecule has 178 valence electrons. The third kappa shape index (κ3) is 8.33. The topological polar surface area (TPSA) is 147 Å². The minimum Gasteiger partial charge on any atom is -0.481 e. The molecule has 0 aromatic rings. The number of nitroso groups, excluding NO2 is 1. The Labute approximate surface area is 187 Å². The van der Waals surface area contributed by atoms with Crippen LogP contribution in [0, 0.1) is 10.8 Å². The van der Waals surface area contributed by atoms with Crippen LogP contribution in [0.4, 0.5) is 0 Å². The molecule has 1 saturated heterocycles. The Hall–Kier alpha value is -1.21. The van der Waals surface area contributed by atoms with Crippen molar-refractivity contribution in [2.75, 3.05) is 13.4 Å². The molecule has 11 heteroatoms. The van der Waals surface area contributed by atoms with Crippen molar-refractivity contribution in [1.82, 2.24) is 4.31 Å². The Morgan fingerprint density at radius 1 is 1.39 bits per heavy atom. The first kappa shape index (κ1) is 26.0. The summed E-state index contributed by atoms with van der Waals surface area (Å²) in [6.07, 6.45) is 3.84. The highest BCUT2D eigenvalue weighted by Crippen LogP contribution is 2.37. The number of nitrogens with zero attached hydrogens (tertiary/aromatic N) is 2. The second-order valence-corrected chi connectivity index (χ2v) is 9.41. The van der Waals surface area contributed by atoms with Crippen LogP contribution in [0.1, 0.15) is 46.5 Å². The molecule has 5 atom stereocenters. The highest BCUT2D eigenvalue weighted by Gasteiger charge is 2.35. The number of allylic oxidation sites excluding steroid dienone is 1. The summed E-state index contributed by atoms with van der Waals surface area (Å²) in [5.41, 5.74) is 6.37. The second kappa shape index (κ2) is 12.7. The predicted octanol–water partition coefficient (Wildman–Crippen LogP) is 2.33. The van der Waals surface area contributed by atoms with Gasteiger partial charge in [-0.25, -0.2) is 4.31 Å². The zero-order valence-electron chi connectivity index (χ0n) is 18.3. The smallest absolute Gasteiger partial charge is 0.272 e. The molecule has 1 heterocycles. The number of rotatable bonds is 13. The number of nitrogens with two attached hydrogens (primary N) is 1. The van der Waals surface area contributed by atoms with E-state index in [0.717, 1.165) is 17.7 Å². The summed E-state index contributed by atoms with van der Waals surface area (Å²) >= 11 is 1.50. The molecule has 0 amide bonds. The molecule has 1 fully saturated rings. The molecule has 0 saturated carbocycles. The van der Waals surface area contributed by atoms with Crippen molar-refractivity contribution in [3.05, 3.63) is 27.9 Å². The highest BCUT2D eigenvalue weighted by atomic mass is 32.2. The molecule has 1 aliphatic carbocycles. The van der Waals surface area contributed by atoms with Gasteiger partial charge in [-0.05, 0) is 67.1 Å². The van der Waals surface area contributed by atoms with Gasteiger partial charge >= 0.3 is 0 Å². The lowest BCUT2D eigenvalue weighted by molar-refractivity contribution is -0.0955. The van der Waals surface area contributed by atoms with Crippen LogP contribution >= 0.6 is 11.9 Å². The van der Waals surface area contributed by atoms with Crippen LogP contribution in [0.2, 0.25) is 0 Å². The fourth-order valence-electron chi connectivity index (χ4n) is 3.56. The highest BCUT2D eigenvalue weighted by molar-refractivity contribution is 8.00. The maximum absolute atomic E-state index is 11.7. The average Bonchev–Trinajstić information content (AvgIpc) is 3.18. The fourth-order valence-corrected chi connectivity index (χ4v) is 4.75. The normalized spacial score (nSPS) is 24.8. The Kier molecular flexibility index (Phi) is 10.7. The Bertz CT molecular complexity index is 632. The van der Waals surface area contributed by atoms with Crippen LogP contribution in [0.5, 0.6) is 0 Å². The van der Waals surface area contributed by atoms with Gasteiger partial charge in [-0.1, -0.05) is 13.0 Å². The third-order valence-electron chi connectivity index (χ3n) is 5.19. The number of fused-ring (bicyclic) bond motifs is 1. The molecular formula is C20H35N3O7S. The van der Waals surface area contributed by atoms with Crippen LogP contribution in [0.15, 0.2) is 28.2 Å². The summed E-state index contributed by atoms with van der Waals surface area (Å²) in [7, 11) is 0. The van der Waals surface area contributed by atoms with Crippen LogP contribution in [-0.4, -0.2) is 69.8 Å². The van der Waals surface area contributed by atoms with Gasteiger partial charge in [0.2, 0.25) is 0 Å². The van der Waals surface area contributed by atoms with Gasteiger partial charge in [0.05, 0.1) is 12.2 Å². The number of ether oxygens (including phenoxy) is 3. The van der Waals surface area contributed by atoms with Crippen molar-refractivity contribution in [1.29, 1.82) is 0 Å². The van der Waals surface area contributed by atoms with E-state index in [1.165, 1.54) is 18.0 Å². The largest absolute Gasteiger partial charge is 0.481 e. The van der Waals surface area contributed by atoms with Crippen molar-refractivity contribution in [3.8, 4) is 0 Å². The summed E-state index contributed by atoms with van der Waals surface area (Å²) < 4.78 is 17.9. The molecule has 2 aliphatic rings. The van der Waals surface area contributed by atoms with E-state index < -0.39 is 25.1 Å². The molecule has 0 bridgehead atoms. The van der Waals surface area contributed by atoms with E-state index in [0.29, 0.717) is 19.6 Å². The van der Waals surface area contributed by atoms with E-state index in [2.05, 4.69) is 11.3 Å². The zero-order chi connectivity index (χ0) is 23.0. The molecule has 0 aromatic heterocycles. The minimum atomic E-state index is -1.65. The van der Waals surface area contributed by atoms with E-state index in [1.807, 2.05) is 25.1 Å². The predicted molar refractivity (Wildman–Crippen MR) is 117 cm³/mol. The van der Waals surface area contributed by atoms with Gasteiger partial charge in [-0.15, -0.1) is 4.91 Å². The van der Waals surface area contributed by atoms with Gasteiger partial charge in [0, 0.05) is 18.5 Å². The summed E-state index contributed by atoms with van der Waals surface area (Å²) in [5, 5.41) is 30.5. The SMILES string of the molecule is CC(C/C=C(\O)OCC(O)O)CC(N)C(N=O)N(SC1=CCC2OCOC2C1)C(C)C. The van der Waals surface area contributed by atoms with E-state index >= 15 is 0 Å². The van der Waals surface area contributed by atoms with Gasteiger partial charge in [-0.3, -0.25) is 0 Å². The fraction of sp³-hybridized carbons (Fsp3) is 0.800. The zero-order valence-corrected chi connectivity index (χ0v) is 19.1. The van der Waals surface area contributed by atoms with E-state index in [9.17, 15) is 10.0 Å². The van der Waals surface area contributed by atoms with Crippen molar-refractivity contribution < 1.29 is 29.5 Å². The lowest BCUT2D eigenvalue weighted by Gasteiger charge is -2.35. The van der Waals surface area contributed by atoms with Crippen LogP contribution < -0.4 is 5.73 Å². The standard InChI is InChI=1S/C20H35N3O7S/c1-12(2)23(31-14-5-6-16-17(9-14)30-11-29-16)20(22-27)15(21)8-13(3)4-7-19(26)28-10-18(24)25/h5,7,12-13,15-18,20,24-26H,4,6,8-11,21H2,1-3H3/b19-7+. The van der Waals surface area contributed by atoms with E-state index in [4.69, 9.17) is 30.2 Å².